The predicted octanol–water partition coefficient (Wildman–Crippen LogP) is 3.85. The summed E-state index contributed by atoms with van der Waals surface area (Å²) in [5.74, 6) is -0.797. The fraction of sp³-hybridized carbons (Fsp3) is 0.200. The van der Waals surface area contributed by atoms with Crippen molar-refractivity contribution in [3.63, 3.8) is 0 Å². The lowest BCUT2D eigenvalue weighted by Gasteiger charge is -2.12. The van der Waals surface area contributed by atoms with E-state index in [1.807, 2.05) is 0 Å². The van der Waals surface area contributed by atoms with Gasteiger partial charge in [-0.3, -0.25) is 14.2 Å². The van der Waals surface area contributed by atoms with E-state index < -0.39 is 5.92 Å². The Balaban J connectivity index is 2.28. The van der Waals surface area contributed by atoms with Crippen molar-refractivity contribution in [1.29, 1.82) is 0 Å². The van der Waals surface area contributed by atoms with Crippen LogP contribution in [-0.2, 0) is 4.79 Å². The van der Waals surface area contributed by atoms with Crippen molar-refractivity contribution in [1.82, 2.24) is 9.88 Å². The lowest BCUT2D eigenvalue weighted by atomic mass is 9.97. The summed E-state index contributed by atoms with van der Waals surface area (Å²) in [7, 11) is 1.57. The third-order valence-electron chi connectivity index (χ3n) is 4.58. The molecular weight excluding hydrogens is 352 g/mol. The van der Waals surface area contributed by atoms with E-state index in [0.717, 1.165) is 0 Å². The molecule has 2 N–H and O–H groups in total. The van der Waals surface area contributed by atoms with Crippen LogP contribution < -0.4 is 5.32 Å². The topological polar surface area (TPSA) is 71.3 Å². The van der Waals surface area contributed by atoms with Crippen LogP contribution in [0.25, 0.3) is 10.9 Å². The van der Waals surface area contributed by atoms with Gasteiger partial charge in [0, 0.05) is 28.7 Å². The van der Waals surface area contributed by atoms with E-state index >= 15 is 0 Å². The van der Waals surface area contributed by atoms with Gasteiger partial charge in [-0.15, -0.1) is 0 Å². The lowest BCUT2D eigenvalue weighted by Crippen LogP contribution is -2.24. The van der Waals surface area contributed by atoms with Gasteiger partial charge in [-0.25, -0.2) is 0 Å². The first kappa shape index (κ1) is 18.0. The van der Waals surface area contributed by atoms with Crippen LogP contribution in [0, 0.1) is 6.92 Å². The first-order chi connectivity index (χ1) is 12.3. The molecule has 0 radical (unpaired) electrons. The molecule has 1 amide bonds. The van der Waals surface area contributed by atoms with Gasteiger partial charge in [-0.05, 0) is 55.8 Å². The summed E-state index contributed by atoms with van der Waals surface area (Å²) < 4.78 is 1.56. The molecular formula is C20H19ClN2O3. The molecule has 0 saturated carbocycles. The minimum absolute atomic E-state index is 0.0789. The Morgan fingerprint density at radius 1 is 1.19 bits per heavy atom. The Morgan fingerprint density at radius 2 is 1.92 bits per heavy atom. The number of phenols is 1. The highest BCUT2D eigenvalue weighted by molar-refractivity contribution is 6.31. The number of nitrogens with zero attached hydrogens (tertiary/aromatic N) is 1. The van der Waals surface area contributed by atoms with Crippen LogP contribution in [-0.4, -0.2) is 28.5 Å². The molecule has 1 heterocycles. The molecule has 3 aromatic rings. The number of aromatic hydroxyl groups is 1. The second kappa shape index (κ2) is 6.84. The number of hydrogen-bond acceptors (Lipinski definition) is 3. The average Bonchev–Trinajstić information content (AvgIpc) is 2.90. The summed E-state index contributed by atoms with van der Waals surface area (Å²) in [6.45, 7) is 3.58. The van der Waals surface area contributed by atoms with Crippen molar-refractivity contribution in [3.05, 3.63) is 64.3 Å². The van der Waals surface area contributed by atoms with E-state index in [0.29, 0.717) is 32.7 Å². The molecule has 0 bridgehead atoms. The number of carbonyl (C=O) groups is 2. The fourth-order valence-electron chi connectivity index (χ4n) is 3.34. The van der Waals surface area contributed by atoms with Gasteiger partial charge in [-0.2, -0.15) is 0 Å². The molecule has 5 nitrogen and oxygen atoms in total. The van der Waals surface area contributed by atoms with E-state index in [-0.39, 0.29) is 17.6 Å². The summed E-state index contributed by atoms with van der Waals surface area (Å²) >= 11 is 6.02. The van der Waals surface area contributed by atoms with E-state index in [4.69, 9.17) is 11.6 Å². The molecule has 0 aliphatic carbocycles. The van der Waals surface area contributed by atoms with Crippen LogP contribution in [0.15, 0.2) is 42.5 Å². The maximum atomic E-state index is 13.1. The van der Waals surface area contributed by atoms with Gasteiger partial charge in [0.25, 0.3) is 5.91 Å². The average molecular weight is 371 g/mol. The van der Waals surface area contributed by atoms with Crippen LogP contribution in [0.3, 0.4) is 0 Å². The highest BCUT2D eigenvalue weighted by atomic mass is 35.5. The van der Waals surface area contributed by atoms with Crippen molar-refractivity contribution >= 4 is 34.3 Å². The molecule has 134 valence electrons. The summed E-state index contributed by atoms with van der Waals surface area (Å²) in [6, 6.07) is 11.5. The summed E-state index contributed by atoms with van der Waals surface area (Å²) in [5, 5.41) is 13.7. The monoisotopic (exact) mass is 370 g/mol. The van der Waals surface area contributed by atoms with Crippen LogP contribution in [0.5, 0.6) is 5.75 Å². The molecule has 1 atom stereocenters. The molecule has 0 saturated heterocycles. The number of likely N-dealkylation sites (N-methyl/N-ethyl adjacent to an activating group) is 1. The molecule has 0 aliphatic heterocycles. The van der Waals surface area contributed by atoms with Gasteiger partial charge < -0.3 is 10.4 Å². The van der Waals surface area contributed by atoms with Crippen LogP contribution in [0.2, 0.25) is 5.02 Å². The van der Waals surface area contributed by atoms with Gasteiger partial charge in [0.2, 0.25) is 5.91 Å². The zero-order chi connectivity index (χ0) is 19.0. The number of amides is 1. The third kappa shape index (κ3) is 2.95. The number of nitrogens with one attached hydrogen (secondary N) is 1. The Bertz CT molecular complexity index is 1020. The van der Waals surface area contributed by atoms with E-state index in [1.54, 1.807) is 61.9 Å². The Morgan fingerprint density at radius 3 is 2.58 bits per heavy atom. The largest absolute Gasteiger partial charge is 0.508 e. The number of fused-ring (bicyclic) bond motifs is 1. The van der Waals surface area contributed by atoms with Gasteiger partial charge in [0.1, 0.15) is 5.75 Å². The zero-order valence-corrected chi connectivity index (χ0v) is 15.5. The molecule has 2 aromatic carbocycles. The zero-order valence-electron chi connectivity index (χ0n) is 14.7. The van der Waals surface area contributed by atoms with Gasteiger partial charge in [-0.1, -0.05) is 17.7 Å². The second-order valence-electron chi connectivity index (χ2n) is 6.19. The SMILES string of the molecule is CNC(=O)[C@@H](C)c1c(C)n(C(=O)c2cccc(Cl)c2)c2ccc(O)cc12. The summed E-state index contributed by atoms with van der Waals surface area (Å²) in [5.41, 5.74) is 2.46. The predicted molar refractivity (Wildman–Crippen MR) is 102 cm³/mol. The van der Waals surface area contributed by atoms with Crippen LogP contribution >= 0.6 is 11.6 Å². The first-order valence-corrected chi connectivity index (χ1v) is 8.58. The maximum absolute atomic E-state index is 13.1. The van der Waals surface area contributed by atoms with Crippen molar-refractivity contribution in [2.45, 2.75) is 19.8 Å². The van der Waals surface area contributed by atoms with Crippen LogP contribution in [0.1, 0.15) is 34.5 Å². The van der Waals surface area contributed by atoms with Gasteiger partial charge in [0.15, 0.2) is 0 Å². The van der Waals surface area contributed by atoms with Crippen molar-refractivity contribution in [3.8, 4) is 5.75 Å². The minimum Gasteiger partial charge on any atom is -0.508 e. The minimum atomic E-state index is -0.474. The number of benzene rings is 2. The van der Waals surface area contributed by atoms with E-state index in [1.165, 1.54) is 6.07 Å². The Hall–Kier alpha value is -2.79. The van der Waals surface area contributed by atoms with E-state index in [9.17, 15) is 14.7 Å². The smallest absolute Gasteiger partial charge is 0.262 e. The molecule has 0 unspecified atom stereocenters. The fourth-order valence-corrected chi connectivity index (χ4v) is 3.53. The number of carbonyl (C=O) groups excluding carboxylic acids is 2. The molecule has 6 heteroatoms. The molecule has 0 fully saturated rings. The highest BCUT2D eigenvalue weighted by Crippen LogP contribution is 2.34. The van der Waals surface area contributed by atoms with Gasteiger partial charge >= 0.3 is 0 Å². The second-order valence-corrected chi connectivity index (χ2v) is 6.62. The van der Waals surface area contributed by atoms with Crippen LogP contribution in [0.4, 0.5) is 0 Å². The standard InChI is InChI=1S/C20H19ClN2O3/c1-11(19(25)22-3)18-12(2)23(17-8-7-15(24)10-16(17)18)20(26)13-5-4-6-14(21)9-13/h4-11,24H,1-3H3,(H,22,25)/t11-/m0/s1. The Labute approximate surface area is 156 Å². The van der Waals surface area contributed by atoms with Crippen molar-refractivity contribution in [2.75, 3.05) is 7.05 Å². The Kier molecular flexibility index (Phi) is 4.74. The number of halogens is 1. The lowest BCUT2D eigenvalue weighted by molar-refractivity contribution is -0.121. The maximum Gasteiger partial charge on any atom is 0.262 e. The first-order valence-electron chi connectivity index (χ1n) is 8.21. The van der Waals surface area contributed by atoms with Crippen molar-refractivity contribution < 1.29 is 14.7 Å². The molecule has 0 aliphatic rings. The molecule has 3 rings (SSSR count). The van der Waals surface area contributed by atoms with Crippen molar-refractivity contribution in [2.24, 2.45) is 0 Å². The van der Waals surface area contributed by atoms with Gasteiger partial charge in [0.05, 0.1) is 11.4 Å². The summed E-state index contributed by atoms with van der Waals surface area (Å²) in [6.07, 6.45) is 0. The number of rotatable bonds is 3. The summed E-state index contributed by atoms with van der Waals surface area (Å²) in [4.78, 5) is 25.3. The number of phenolic OH excluding ortho intramolecular Hbond substituents is 1. The van der Waals surface area contributed by atoms with E-state index in [2.05, 4.69) is 5.32 Å². The normalized spacial score (nSPS) is 12.2. The highest BCUT2D eigenvalue weighted by Gasteiger charge is 2.26. The molecule has 0 spiro atoms. The number of aromatic nitrogens is 1. The quantitative estimate of drug-likeness (QED) is 0.735. The third-order valence-corrected chi connectivity index (χ3v) is 4.82. The molecule has 26 heavy (non-hydrogen) atoms. The number of hydrogen-bond donors (Lipinski definition) is 2. The molecule has 1 aromatic heterocycles.